The molecule has 4 heteroatoms. The maximum atomic E-state index is 11.3. The molecule has 1 saturated heterocycles. The predicted molar refractivity (Wildman–Crippen MR) is 61.4 cm³/mol. The number of methoxy groups -OCH3 is 1. The Balaban J connectivity index is 2.30. The average molecular weight is 220 g/mol. The van der Waals surface area contributed by atoms with Gasteiger partial charge in [-0.25, -0.2) is 0 Å². The van der Waals surface area contributed by atoms with Crippen molar-refractivity contribution in [1.29, 1.82) is 0 Å². The van der Waals surface area contributed by atoms with Gasteiger partial charge in [0.2, 0.25) is 0 Å². The summed E-state index contributed by atoms with van der Waals surface area (Å²) in [5.41, 5.74) is 0.411. The van der Waals surface area contributed by atoms with Crippen molar-refractivity contribution in [3.05, 3.63) is 29.8 Å². The molecule has 1 aromatic carbocycles. The summed E-state index contributed by atoms with van der Waals surface area (Å²) in [5, 5.41) is 3.24. The topological polar surface area (TPSA) is 41.6 Å². The second-order valence-corrected chi connectivity index (χ2v) is 4.17. The first kappa shape index (κ1) is 11.1. The third-order valence-electron chi connectivity index (χ3n) is 2.99. The summed E-state index contributed by atoms with van der Waals surface area (Å²) in [5.74, 6) is 0.802. The van der Waals surface area contributed by atoms with Gasteiger partial charge in [0.15, 0.2) is 0 Å². The normalized spacial score (nSPS) is 25.6. The van der Waals surface area contributed by atoms with Gasteiger partial charge in [0.1, 0.15) is 17.6 Å². The lowest BCUT2D eigenvalue weighted by molar-refractivity contribution is -0.112. The van der Waals surface area contributed by atoms with E-state index in [1.54, 1.807) is 7.11 Å². The second kappa shape index (κ2) is 4.23. The average Bonchev–Trinajstić information content (AvgIpc) is 2.72. The summed E-state index contributed by atoms with van der Waals surface area (Å²) in [7, 11) is 3.62. The van der Waals surface area contributed by atoms with Gasteiger partial charge in [-0.05, 0) is 24.7 Å². The maximum Gasteiger partial charge on any atom is 0.145 e. The minimum absolute atomic E-state index is 0.568. The van der Waals surface area contributed by atoms with Crippen LogP contribution in [0.15, 0.2) is 24.3 Å². The molecule has 0 amide bonds. The molecular weight excluding hydrogens is 204 g/mol. The smallest absolute Gasteiger partial charge is 0.145 e. The van der Waals surface area contributed by atoms with E-state index >= 15 is 0 Å². The molecule has 0 bridgehead atoms. The largest absolute Gasteiger partial charge is 0.497 e. The minimum atomic E-state index is -0.568. The molecule has 0 unspecified atom stereocenters. The highest BCUT2D eigenvalue weighted by Crippen LogP contribution is 2.25. The van der Waals surface area contributed by atoms with Crippen LogP contribution >= 0.6 is 0 Å². The summed E-state index contributed by atoms with van der Waals surface area (Å²) < 4.78 is 5.10. The highest BCUT2D eigenvalue weighted by Gasteiger charge is 2.37. The Morgan fingerprint density at radius 3 is 2.56 bits per heavy atom. The molecule has 4 nitrogen and oxygen atoms in total. The summed E-state index contributed by atoms with van der Waals surface area (Å²) in [6, 6.07) is 7.61. The van der Waals surface area contributed by atoms with Crippen molar-refractivity contribution in [2.24, 2.45) is 0 Å². The first-order chi connectivity index (χ1) is 7.70. The van der Waals surface area contributed by atoms with Crippen molar-refractivity contribution < 1.29 is 9.53 Å². The van der Waals surface area contributed by atoms with Crippen LogP contribution in [0.5, 0.6) is 5.75 Å². The molecule has 0 radical (unpaired) electrons. The summed E-state index contributed by atoms with van der Waals surface area (Å²) in [6.07, 6.45) is 0.984. The van der Waals surface area contributed by atoms with E-state index in [2.05, 4.69) is 10.2 Å². The monoisotopic (exact) mass is 220 g/mol. The van der Waals surface area contributed by atoms with Gasteiger partial charge in [-0.2, -0.15) is 0 Å². The van der Waals surface area contributed by atoms with Gasteiger partial charge in [-0.3, -0.25) is 10.2 Å². The van der Waals surface area contributed by atoms with Crippen LogP contribution in [-0.2, 0) is 10.3 Å². The number of rotatable bonds is 3. The van der Waals surface area contributed by atoms with Crippen LogP contribution in [0.3, 0.4) is 0 Å². The van der Waals surface area contributed by atoms with Crippen LogP contribution in [0, 0.1) is 0 Å². The predicted octanol–water partition coefficient (Wildman–Crippen LogP) is 0.582. The van der Waals surface area contributed by atoms with E-state index in [1.807, 2.05) is 31.3 Å². The molecule has 1 N–H and O–H groups in total. The molecule has 0 saturated carbocycles. The van der Waals surface area contributed by atoms with Crippen LogP contribution in [0.1, 0.15) is 5.56 Å². The Morgan fingerprint density at radius 2 is 2.12 bits per heavy atom. The molecule has 2 rings (SSSR count). The number of hydrogen-bond acceptors (Lipinski definition) is 4. The third-order valence-corrected chi connectivity index (χ3v) is 2.99. The molecule has 1 atom stereocenters. The van der Waals surface area contributed by atoms with Gasteiger partial charge >= 0.3 is 0 Å². The van der Waals surface area contributed by atoms with E-state index in [-0.39, 0.29) is 0 Å². The highest BCUT2D eigenvalue weighted by molar-refractivity contribution is 5.69. The number of ether oxygens (including phenoxy) is 1. The lowest BCUT2D eigenvalue weighted by Gasteiger charge is -2.22. The van der Waals surface area contributed by atoms with Crippen LogP contribution in [-0.4, -0.2) is 38.6 Å². The third kappa shape index (κ3) is 1.81. The van der Waals surface area contributed by atoms with Crippen LogP contribution in [0.4, 0.5) is 0 Å². The Kier molecular flexibility index (Phi) is 2.94. The quantitative estimate of drug-likeness (QED) is 0.757. The summed E-state index contributed by atoms with van der Waals surface area (Å²) >= 11 is 0. The minimum Gasteiger partial charge on any atom is -0.497 e. The lowest BCUT2D eigenvalue weighted by Crippen LogP contribution is -2.41. The molecular formula is C12H16N2O2. The van der Waals surface area contributed by atoms with E-state index in [4.69, 9.17) is 4.74 Å². The van der Waals surface area contributed by atoms with E-state index in [1.165, 1.54) is 0 Å². The molecule has 1 aromatic rings. The Hall–Kier alpha value is -1.39. The zero-order chi connectivity index (χ0) is 11.6. The number of nitrogens with one attached hydrogen (secondary N) is 1. The van der Waals surface area contributed by atoms with Gasteiger partial charge in [0, 0.05) is 13.2 Å². The molecule has 0 aliphatic carbocycles. The van der Waals surface area contributed by atoms with E-state index in [9.17, 15) is 4.79 Å². The second-order valence-electron chi connectivity index (χ2n) is 4.17. The van der Waals surface area contributed by atoms with Gasteiger partial charge in [-0.15, -0.1) is 0 Å². The first-order valence-electron chi connectivity index (χ1n) is 5.24. The molecule has 86 valence electrons. The maximum absolute atomic E-state index is 11.3. The van der Waals surface area contributed by atoms with E-state index in [0.717, 1.165) is 24.3 Å². The van der Waals surface area contributed by atoms with Crippen LogP contribution in [0.2, 0.25) is 0 Å². The number of likely N-dealkylation sites (N-methyl/N-ethyl adjacent to an activating group) is 1. The molecule has 1 aliphatic rings. The van der Waals surface area contributed by atoms with Crippen molar-refractivity contribution in [2.45, 2.75) is 5.54 Å². The van der Waals surface area contributed by atoms with Crippen molar-refractivity contribution in [3.8, 4) is 5.75 Å². The number of carbonyl (C=O) groups excluding carboxylic acids is 1. The van der Waals surface area contributed by atoms with Gasteiger partial charge in [-0.1, -0.05) is 12.1 Å². The number of aldehydes is 1. The Morgan fingerprint density at radius 1 is 1.44 bits per heavy atom. The molecule has 0 aromatic heterocycles. The molecule has 1 fully saturated rings. The fourth-order valence-corrected chi connectivity index (χ4v) is 2.04. The molecule has 0 spiro atoms. The Bertz CT molecular complexity index is 377. The zero-order valence-electron chi connectivity index (χ0n) is 9.56. The SMILES string of the molecule is COc1ccc([C@]2(C=O)CN(C)CN2)cc1. The number of carbonyl (C=O) groups is 1. The number of nitrogens with zero attached hydrogens (tertiary/aromatic N) is 1. The summed E-state index contributed by atoms with van der Waals surface area (Å²) in [4.78, 5) is 13.4. The number of benzene rings is 1. The van der Waals surface area contributed by atoms with E-state index < -0.39 is 5.54 Å². The lowest BCUT2D eigenvalue weighted by atomic mass is 9.92. The summed E-state index contributed by atoms with van der Waals surface area (Å²) in [6.45, 7) is 1.42. The number of hydrogen-bond donors (Lipinski definition) is 1. The fraction of sp³-hybridized carbons (Fsp3) is 0.417. The van der Waals surface area contributed by atoms with Gasteiger partial charge < -0.3 is 9.53 Å². The van der Waals surface area contributed by atoms with Crippen molar-refractivity contribution in [1.82, 2.24) is 10.2 Å². The van der Waals surface area contributed by atoms with Crippen molar-refractivity contribution in [2.75, 3.05) is 27.4 Å². The standard InChI is InChI=1S/C12H16N2O2/c1-14-7-12(8-15,13-9-14)10-3-5-11(16-2)6-4-10/h3-6,8,13H,7,9H2,1-2H3/t12-/m1/s1. The van der Waals surface area contributed by atoms with Crippen LogP contribution < -0.4 is 10.1 Å². The fourth-order valence-electron chi connectivity index (χ4n) is 2.04. The van der Waals surface area contributed by atoms with Gasteiger partial charge in [0.05, 0.1) is 7.11 Å². The van der Waals surface area contributed by atoms with Gasteiger partial charge in [0.25, 0.3) is 0 Å². The molecule has 1 aliphatic heterocycles. The van der Waals surface area contributed by atoms with Crippen molar-refractivity contribution in [3.63, 3.8) is 0 Å². The van der Waals surface area contributed by atoms with E-state index in [0.29, 0.717) is 6.54 Å². The highest BCUT2D eigenvalue weighted by atomic mass is 16.5. The zero-order valence-corrected chi connectivity index (χ0v) is 9.56. The van der Waals surface area contributed by atoms with Crippen LogP contribution in [0.25, 0.3) is 0 Å². The first-order valence-corrected chi connectivity index (χ1v) is 5.24. The Labute approximate surface area is 95.2 Å². The van der Waals surface area contributed by atoms with Crippen molar-refractivity contribution >= 4 is 6.29 Å². The molecule has 1 heterocycles. The molecule has 16 heavy (non-hydrogen) atoms.